The summed E-state index contributed by atoms with van der Waals surface area (Å²) in [6.45, 7) is 1.91. The average molecular weight is 296 g/mol. The first-order valence-corrected chi connectivity index (χ1v) is 7.08. The van der Waals surface area contributed by atoms with E-state index in [1.54, 1.807) is 31.2 Å². The average Bonchev–Trinajstić information content (AvgIpc) is 2.52. The minimum Gasteiger partial charge on any atom is -0.465 e. The van der Waals surface area contributed by atoms with E-state index >= 15 is 0 Å². The molecule has 3 rings (SSSR count). The lowest BCUT2D eigenvalue weighted by atomic mass is 10.1. The molecule has 0 saturated carbocycles. The molecule has 0 spiro atoms. The summed E-state index contributed by atoms with van der Waals surface area (Å²) in [6.07, 6.45) is 0. The van der Waals surface area contributed by atoms with Gasteiger partial charge in [-0.3, -0.25) is 14.2 Å². The standard InChI is InChI=1S/C17H16N2O3/c1-2-22-16(20)10-19-15-8-7-11(18)9-14(15)12-5-3-4-6-13(12)17(19)21/h3-9H,2,10,18H2,1H3. The van der Waals surface area contributed by atoms with Crippen LogP contribution >= 0.6 is 0 Å². The van der Waals surface area contributed by atoms with Gasteiger partial charge in [0.05, 0.1) is 12.1 Å². The van der Waals surface area contributed by atoms with Gasteiger partial charge < -0.3 is 10.5 Å². The van der Waals surface area contributed by atoms with E-state index in [0.29, 0.717) is 16.6 Å². The first-order valence-electron chi connectivity index (χ1n) is 7.08. The summed E-state index contributed by atoms with van der Waals surface area (Å²) in [7, 11) is 0. The van der Waals surface area contributed by atoms with Gasteiger partial charge >= 0.3 is 5.97 Å². The van der Waals surface area contributed by atoms with Gasteiger partial charge in [0, 0.05) is 16.5 Å². The van der Waals surface area contributed by atoms with Crippen molar-refractivity contribution in [2.45, 2.75) is 13.5 Å². The highest BCUT2D eigenvalue weighted by Crippen LogP contribution is 2.24. The molecule has 0 aliphatic heterocycles. The largest absolute Gasteiger partial charge is 0.465 e. The number of hydrogen-bond donors (Lipinski definition) is 1. The van der Waals surface area contributed by atoms with Gasteiger partial charge in [-0.05, 0) is 36.6 Å². The number of benzene rings is 2. The summed E-state index contributed by atoms with van der Waals surface area (Å²) in [4.78, 5) is 24.5. The van der Waals surface area contributed by atoms with Gasteiger partial charge in [-0.15, -0.1) is 0 Å². The summed E-state index contributed by atoms with van der Waals surface area (Å²) >= 11 is 0. The SMILES string of the molecule is CCOC(=O)Cn1c(=O)c2ccccc2c2cc(N)ccc21. The summed E-state index contributed by atoms with van der Waals surface area (Å²) < 4.78 is 6.40. The fourth-order valence-corrected chi connectivity index (χ4v) is 2.66. The summed E-state index contributed by atoms with van der Waals surface area (Å²) in [6, 6.07) is 12.6. The number of nitrogens with zero attached hydrogens (tertiary/aromatic N) is 1. The molecule has 0 unspecified atom stereocenters. The predicted molar refractivity (Wildman–Crippen MR) is 86.8 cm³/mol. The zero-order chi connectivity index (χ0) is 15.7. The number of nitrogen functional groups attached to an aromatic ring is 1. The maximum Gasteiger partial charge on any atom is 0.326 e. The van der Waals surface area contributed by atoms with Crippen molar-refractivity contribution in [3.8, 4) is 0 Å². The normalized spacial score (nSPS) is 11.0. The van der Waals surface area contributed by atoms with E-state index in [0.717, 1.165) is 10.8 Å². The third-order valence-corrected chi connectivity index (χ3v) is 3.60. The number of pyridine rings is 1. The van der Waals surface area contributed by atoms with Crippen LogP contribution in [0.15, 0.2) is 47.3 Å². The Morgan fingerprint density at radius 3 is 2.59 bits per heavy atom. The molecule has 0 atom stereocenters. The van der Waals surface area contributed by atoms with Crippen molar-refractivity contribution < 1.29 is 9.53 Å². The number of esters is 1. The molecule has 0 radical (unpaired) electrons. The van der Waals surface area contributed by atoms with E-state index in [1.165, 1.54) is 4.57 Å². The summed E-state index contributed by atoms with van der Waals surface area (Å²) in [5.74, 6) is -0.432. The monoisotopic (exact) mass is 296 g/mol. The van der Waals surface area contributed by atoms with Crippen molar-refractivity contribution in [2.24, 2.45) is 0 Å². The van der Waals surface area contributed by atoms with Crippen molar-refractivity contribution >= 4 is 33.3 Å². The molecule has 2 aromatic carbocycles. The van der Waals surface area contributed by atoms with Gasteiger partial charge in [-0.1, -0.05) is 18.2 Å². The zero-order valence-electron chi connectivity index (χ0n) is 12.2. The van der Waals surface area contributed by atoms with Gasteiger partial charge in [0.25, 0.3) is 5.56 Å². The molecule has 112 valence electrons. The van der Waals surface area contributed by atoms with E-state index in [4.69, 9.17) is 10.5 Å². The number of carbonyl (C=O) groups is 1. The topological polar surface area (TPSA) is 74.3 Å². The van der Waals surface area contributed by atoms with Crippen LogP contribution in [0.4, 0.5) is 5.69 Å². The highest BCUT2D eigenvalue weighted by molar-refractivity contribution is 6.06. The molecule has 0 amide bonds. The first-order chi connectivity index (χ1) is 10.6. The molecule has 2 N–H and O–H groups in total. The third-order valence-electron chi connectivity index (χ3n) is 3.60. The maximum absolute atomic E-state index is 12.7. The maximum atomic E-state index is 12.7. The van der Waals surface area contributed by atoms with Crippen LogP contribution in [-0.4, -0.2) is 17.1 Å². The minimum atomic E-state index is -0.432. The molecule has 1 aromatic heterocycles. The van der Waals surface area contributed by atoms with E-state index in [9.17, 15) is 9.59 Å². The van der Waals surface area contributed by atoms with Crippen LogP contribution in [0.5, 0.6) is 0 Å². The van der Waals surface area contributed by atoms with Crippen molar-refractivity contribution in [1.29, 1.82) is 0 Å². The van der Waals surface area contributed by atoms with Crippen LogP contribution < -0.4 is 11.3 Å². The highest BCUT2D eigenvalue weighted by Gasteiger charge is 2.13. The Kier molecular flexibility index (Phi) is 3.55. The molecule has 0 fully saturated rings. The van der Waals surface area contributed by atoms with Crippen molar-refractivity contribution in [1.82, 2.24) is 4.57 Å². The van der Waals surface area contributed by atoms with Gasteiger partial charge in [-0.2, -0.15) is 0 Å². The van der Waals surface area contributed by atoms with E-state index in [2.05, 4.69) is 0 Å². The second-order valence-corrected chi connectivity index (χ2v) is 5.02. The molecule has 0 aliphatic rings. The Morgan fingerprint density at radius 1 is 1.14 bits per heavy atom. The van der Waals surface area contributed by atoms with E-state index in [-0.39, 0.29) is 18.7 Å². The Morgan fingerprint density at radius 2 is 1.86 bits per heavy atom. The fourth-order valence-electron chi connectivity index (χ4n) is 2.66. The lowest BCUT2D eigenvalue weighted by molar-refractivity contribution is -0.143. The Hall–Kier alpha value is -2.82. The van der Waals surface area contributed by atoms with Gasteiger partial charge in [0.1, 0.15) is 6.54 Å². The molecule has 3 aromatic rings. The van der Waals surface area contributed by atoms with Crippen molar-refractivity contribution in [3.63, 3.8) is 0 Å². The van der Waals surface area contributed by atoms with Crippen molar-refractivity contribution in [2.75, 3.05) is 12.3 Å². The van der Waals surface area contributed by atoms with Gasteiger partial charge in [-0.25, -0.2) is 0 Å². The van der Waals surface area contributed by atoms with Crippen molar-refractivity contribution in [3.05, 3.63) is 52.8 Å². The molecule has 22 heavy (non-hydrogen) atoms. The number of rotatable bonds is 3. The lowest BCUT2D eigenvalue weighted by Crippen LogP contribution is -2.26. The van der Waals surface area contributed by atoms with Gasteiger partial charge in [0.15, 0.2) is 0 Å². The molecular weight excluding hydrogens is 280 g/mol. The second kappa shape index (κ2) is 5.52. The minimum absolute atomic E-state index is 0.113. The number of aromatic nitrogens is 1. The molecule has 1 heterocycles. The Bertz CT molecular complexity index is 928. The molecule has 5 nitrogen and oxygen atoms in total. The highest BCUT2D eigenvalue weighted by atomic mass is 16.5. The zero-order valence-corrected chi connectivity index (χ0v) is 12.2. The van der Waals surface area contributed by atoms with E-state index in [1.807, 2.05) is 18.2 Å². The number of nitrogens with two attached hydrogens (primary N) is 1. The molecular formula is C17H16N2O3. The van der Waals surface area contributed by atoms with Crippen LogP contribution in [-0.2, 0) is 16.1 Å². The molecule has 0 saturated heterocycles. The Balaban J connectivity index is 2.36. The van der Waals surface area contributed by atoms with Crippen LogP contribution in [0, 0.1) is 0 Å². The van der Waals surface area contributed by atoms with Crippen LogP contribution in [0.1, 0.15) is 6.92 Å². The number of carbonyl (C=O) groups excluding carboxylic acids is 1. The quantitative estimate of drug-likeness (QED) is 0.457. The smallest absolute Gasteiger partial charge is 0.326 e. The third kappa shape index (κ3) is 2.30. The number of ether oxygens (including phenoxy) is 1. The first kappa shape index (κ1) is 14.1. The fraction of sp³-hybridized carbons (Fsp3) is 0.176. The van der Waals surface area contributed by atoms with Gasteiger partial charge in [0.2, 0.25) is 0 Å². The molecule has 0 aliphatic carbocycles. The Labute approximate surface area is 126 Å². The second-order valence-electron chi connectivity index (χ2n) is 5.02. The number of hydrogen-bond acceptors (Lipinski definition) is 4. The van der Waals surface area contributed by atoms with Crippen LogP contribution in [0.3, 0.4) is 0 Å². The predicted octanol–water partition coefficient (Wildman–Crippen LogP) is 2.30. The number of fused-ring (bicyclic) bond motifs is 3. The number of anilines is 1. The lowest BCUT2D eigenvalue weighted by Gasteiger charge is -2.13. The van der Waals surface area contributed by atoms with E-state index < -0.39 is 5.97 Å². The molecule has 0 bridgehead atoms. The summed E-state index contributed by atoms with van der Waals surface area (Å²) in [5, 5.41) is 2.24. The van der Waals surface area contributed by atoms with Crippen LogP contribution in [0.25, 0.3) is 21.7 Å². The summed E-state index contributed by atoms with van der Waals surface area (Å²) in [5.41, 5.74) is 6.95. The van der Waals surface area contributed by atoms with Crippen LogP contribution in [0.2, 0.25) is 0 Å². The molecule has 5 heteroatoms.